The van der Waals surface area contributed by atoms with Crippen LogP contribution in [0.4, 0.5) is 0 Å². The van der Waals surface area contributed by atoms with Crippen molar-refractivity contribution >= 4 is 0 Å². The lowest BCUT2D eigenvalue weighted by Crippen LogP contribution is -2.12. The molecule has 0 fully saturated rings. The topological polar surface area (TPSA) is 64.2 Å². The van der Waals surface area contributed by atoms with Crippen LogP contribution in [-0.2, 0) is 11.3 Å². The van der Waals surface area contributed by atoms with Crippen molar-refractivity contribution in [1.29, 1.82) is 0 Å². The summed E-state index contributed by atoms with van der Waals surface area (Å²) in [6, 6.07) is 5.42. The summed E-state index contributed by atoms with van der Waals surface area (Å²) in [7, 11) is 3.21. The summed E-state index contributed by atoms with van der Waals surface area (Å²) in [5.74, 6) is 1.34. The maximum absolute atomic E-state index is 11.7. The van der Waals surface area contributed by atoms with Gasteiger partial charge < -0.3 is 14.5 Å². The summed E-state index contributed by atoms with van der Waals surface area (Å²) in [5.41, 5.74) is 3.39. The Balaban J connectivity index is 2.56. The van der Waals surface area contributed by atoms with E-state index in [2.05, 4.69) is 9.97 Å². The van der Waals surface area contributed by atoms with Crippen LogP contribution < -0.4 is 10.3 Å². The fourth-order valence-corrected chi connectivity index (χ4v) is 2.14. The first-order valence-corrected chi connectivity index (χ1v) is 6.30. The molecule has 0 radical (unpaired) electrons. The Bertz CT molecular complexity index is 677. The van der Waals surface area contributed by atoms with Crippen LogP contribution in [0.3, 0.4) is 0 Å². The summed E-state index contributed by atoms with van der Waals surface area (Å²) in [6.45, 7) is 4.21. The molecule has 1 aromatic carbocycles. The zero-order valence-corrected chi connectivity index (χ0v) is 12.1. The lowest BCUT2D eigenvalue weighted by molar-refractivity contribution is 0.177. The zero-order chi connectivity index (χ0) is 14.7. The summed E-state index contributed by atoms with van der Waals surface area (Å²) < 4.78 is 10.3. The van der Waals surface area contributed by atoms with Crippen LogP contribution in [0.5, 0.6) is 5.75 Å². The van der Waals surface area contributed by atoms with Gasteiger partial charge in [0.25, 0.3) is 5.56 Å². The summed E-state index contributed by atoms with van der Waals surface area (Å²) in [6.07, 6.45) is 0. The van der Waals surface area contributed by atoms with Crippen molar-refractivity contribution in [2.24, 2.45) is 0 Å². The fraction of sp³-hybridized carbons (Fsp3) is 0.333. The predicted octanol–water partition coefficient (Wildman–Crippen LogP) is 2.21. The standard InChI is InChI=1S/C15H18N2O3/c1-9-6-13(20-4)10(2)5-11(9)12-7-15(18)17-14(16-12)8-19-3/h5-7H,8H2,1-4H3,(H,16,17,18). The van der Waals surface area contributed by atoms with Crippen LogP contribution in [0.25, 0.3) is 11.3 Å². The highest BCUT2D eigenvalue weighted by Crippen LogP contribution is 2.28. The van der Waals surface area contributed by atoms with Crippen molar-refractivity contribution in [1.82, 2.24) is 9.97 Å². The number of H-pyrrole nitrogens is 1. The molecule has 1 N–H and O–H groups in total. The quantitative estimate of drug-likeness (QED) is 0.928. The molecule has 0 aliphatic rings. The highest BCUT2D eigenvalue weighted by Gasteiger charge is 2.10. The van der Waals surface area contributed by atoms with E-state index in [0.717, 1.165) is 22.4 Å². The molecule has 0 saturated carbocycles. The molecule has 20 heavy (non-hydrogen) atoms. The van der Waals surface area contributed by atoms with Gasteiger partial charge >= 0.3 is 0 Å². The second-order valence-corrected chi connectivity index (χ2v) is 4.65. The van der Waals surface area contributed by atoms with E-state index in [4.69, 9.17) is 9.47 Å². The lowest BCUT2D eigenvalue weighted by atomic mass is 10.0. The number of methoxy groups -OCH3 is 2. The highest BCUT2D eigenvalue weighted by molar-refractivity contribution is 5.66. The smallest absolute Gasteiger partial charge is 0.251 e. The van der Waals surface area contributed by atoms with E-state index >= 15 is 0 Å². The van der Waals surface area contributed by atoms with E-state index in [1.165, 1.54) is 6.07 Å². The molecule has 5 nitrogen and oxygen atoms in total. The van der Waals surface area contributed by atoms with Gasteiger partial charge in [-0.05, 0) is 37.1 Å². The van der Waals surface area contributed by atoms with E-state index in [-0.39, 0.29) is 12.2 Å². The van der Waals surface area contributed by atoms with Crippen molar-refractivity contribution in [2.45, 2.75) is 20.5 Å². The molecule has 0 atom stereocenters. The molecule has 1 aromatic heterocycles. The number of aromatic amines is 1. The van der Waals surface area contributed by atoms with Gasteiger partial charge in [-0.1, -0.05) is 0 Å². The van der Waals surface area contributed by atoms with Gasteiger partial charge in [0.15, 0.2) is 0 Å². The average Bonchev–Trinajstić information content (AvgIpc) is 2.40. The molecular weight excluding hydrogens is 256 g/mol. The monoisotopic (exact) mass is 274 g/mol. The van der Waals surface area contributed by atoms with Gasteiger partial charge in [-0.3, -0.25) is 4.79 Å². The van der Waals surface area contributed by atoms with Crippen LogP contribution in [0.1, 0.15) is 17.0 Å². The molecule has 5 heteroatoms. The fourth-order valence-electron chi connectivity index (χ4n) is 2.14. The molecule has 0 spiro atoms. The van der Waals surface area contributed by atoms with Gasteiger partial charge in [0.1, 0.15) is 18.2 Å². The van der Waals surface area contributed by atoms with Gasteiger partial charge in [0, 0.05) is 18.7 Å². The molecular formula is C15H18N2O3. The molecule has 0 unspecified atom stereocenters. The first-order valence-electron chi connectivity index (χ1n) is 6.30. The summed E-state index contributed by atoms with van der Waals surface area (Å²) in [4.78, 5) is 18.8. The largest absolute Gasteiger partial charge is 0.496 e. The molecule has 0 saturated heterocycles. The molecule has 0 aliphatic carbocycles. The molecule has 0 aliphatic heterocycles. The van der Waals surface area contributed by atoms with Crippen LogP contribution in [0.15, 0.2) is 23.0 Å². The number of ether oxygens (including phenoxy) is 2. The van der Waals surface area contributed by atoms with Crippen molar-refractivity contribution in [3.63, 3.8) is 0 Å². The Morgan fingerprint density at radius 3 is 2.55 bits per heavy atom. The van der Waals surface area contributed by atoms with Crippen molar-refractivity contribution in [3.8, 4) is 17.0 Å². The lowest BCUT2D eigenvalue weighted by Gasteiger charge is -2.11. The van der Waals surface area contributed by atoms with E-state index in [0.29, 0.717) is 11.5 Å². The van der Waals surface area contributed by atoms with Gasteiger partial charge in [0.05, 0.1) is 12.8 Å². The van der Waals surface area contributed by atoms with E-state index < -0.39 is 0 Å². The summed E-state index contributed by atoms with van der Waals surface area (Å²) >= 11 is 0. The summed E-state index contributed by atoms with van der Waals surface area (Å²) in [5, 5.41) is 0. The van der Waals surface area contributed by atoms with Crippen LogP contribution in [0.2, 0.25) is 0 Å². The van der Waals surface area contributed by atoms with E-state index in [1.54, 1.807) is 14.2 Å². The van der Waals surface area contributed by atoms with Gasteiger partial charge in [0.2, 0.25) is 0 Å². The van der Waals surface area contributed by atoms with Crippen molar-refractivity contribution in [3.05, 3.63) is 45.5 Å². The Hall–Kier alpha value is -2.14. The minimum Gasteiger partial charge on any atom is -0.496 e. The number of hydrogen-bond donors (Lipinski definition) is 1. The normalized spacial score (nSPS) is 10.6. The maximum atomic E-state index is 11.7. The first-order chi connectivity index (χ1) is 9.55. The van der Waals surface area contributed by atoms with Crippen LogP contribution in [-0.4, -0.2) is 24.2 Å². The highest BCUT2D eigenvalue weighted by atomic mass is 16.5. The van der Waals surface area contributed by atoms with Gasteiger partial charge in [-0.15, -0.1) is 0 Å². The number of nitrogens with one attached hydrogen (secondary N) is 1. The zero-order valence-electron chi connectivity index (χ0n) is 12.1. The Labute approximate surface area is 117 Å². The number of hydrogen-bond acceptors (Lipinski definition) is 4. The third-order valence-electron chi connectivity index (χ3n) is 3.09. The average molecular weight is 274 g/mol. The number of benzene rings is 1. The van der Waals surface area contributed by atoms with Crippen molar-refractivity contribution in [2.75, 3.05) is 14.2 Å². The second kappa shape index (κ2) is 5.88. The van der Waals surface area contributed by atoms with Crippen molar-refractivity contribution < 1.29 is 9.47 Å². The first kappa shape index (κ1) is 14.3. The third-order valence-corrected chi connectivity index (χ3v) is 3.09. The molecule has 1 heterocycles. The molecule has 106 valence electrons. The van der Waals surface area contributed by atoms with Crippen LogP contribution >= 0.6 is 0 Å². The van der Waals surface area contributed by atoms with Gasteiger partial charge in [-0.2, -0.15) is 0 Å². The predicted molar refractivity (Wildman–Crippen MR) is 77.0 cm³/mol. The number of aryl methyl sites for hydroxylation is 2. The molecule has 0 bridgehead atoms. The van der Waals surface area contributed by atoms with E-state index in [9.17, 15) is 4.79 Å². The Morgan fingerprint density at radius 1 is 1.15 bits per heavy atom. The molecule has 2 rings (SSSR count). The Kier molecular flexibility index (Phi) is 4.20. The number of nitrogens with zero attached hydrogens (tertiary/aromatic N) is 1. The minimum absolute atomic E-state index is 0.185. The molecule has 0 amide bonds. The maximum Gasteiger partial charge on any atom is 0.251 e. The Morgan fingerprint density at radius 2 is 1.90 bits per heavy atom. The minimum atomic E-state index is -0.185. The SMILES string of the molecule is COCc1nc(-c2cc(C)c(OC)cc2C)cc(=O)[nH]1. The van der Waals surface area contributed by atoms with E-state index in [1.807, 2.05) is 26.0 Å². The van der Waals surface area contributed by atoms with Crippen LogP contribution in [0, 0.1) is 13.8 Å². The number of rotatable bonds is 4. The number of aromatic nitrogens is 2. The molecule has 2 aromatic rings. The van der Waals surface area contributed by atoms with Gasteiger partial charge in [-0.25, -0.2) is 4.98 Å². The third kappa shape index (κ3) is 2.88. The second-order valence-electron chi connectivity index (χ2n) is 4.65.